The Bertz CT molecular complexity index is 1060. The van der Waals surface area contributed by atoms with Crippen molar-refractivity contribution in [3.63, 3.8) is 0 Å². The molecule has 0 radical (unpaired) electrons. The fourth-order valence-electron chi connectivity index (χ4n) is 3.93. The summed E-state index contributed by atoms with van der Waals surface area (Å²) < 4.78 is 64.4. The Morgan fingerprint density at radius 3 is 2.58 bits per heavy atom. The number of aromatic nitrogens is 1. The van der Waals surface area contributed by atoms with Gasteiger partial charge in [-0.1, -0.05) is 19.9 Å². The SMILES string of the molecule is CCC(=O)c1cc(NC(=O)[C@@H]2OC(C)(C)[C@H](C)[C@H]2c2ccc(F)c(F)c2OC(F)F)ccn1. The van der Waals surface area contributed by atoms with E-state index in [0.717, 1.165) is 12.1 Å². The van der Waals surface area contributed by atoms with Crippen LogP contribution in [0.5, 0.6) is 5.75 Å². The minimum atomic E-state index is -3.40. The van der Waals surface area contributed by atoms with E-state index in [2.05, 4.69) is 15.0 Å². The van der Waals surface area contributed by atoms with Gasteiger partial charge in [-0.05, 0) is 38.0 Å². The average molecular weight is 468 g/mol. The topological polar surface area (TPSA) is 77.5 Å². The normalized spacial score (nSPS) is 21.8. The number of rotatable bonds is 7. The highest BCUT2D eigenvalue weighted by Crippen LogP contribution is 2.49. The quantitative estimate of drug-likeness (QED) is 0.453. The first-order valence-corrected chi connectivity index (χ1v) is 10.4. The molecule has 1 saturated heterocycles. The van der Waals surface area contributed by atoms with Gasteiger partial charge in [0.25, 0.3) is 5.91 Å². The average Bonchev–Trinajstić information content (AvgIpc) is 3.00. The molecule has 33 heavy (non-hydrogen) atoms. The number of benzene rings is 1. The van der Waals surface area contributed by atoms with E-state index < -0.39 is 53.4 Å². The van der Waals surface area contributed by atoms with Crippen LogP contribution >= 0.6 is 0 Å². The van der Waals surface area contributed by atoms with Crippen molar-refractivity contribution >= 4 is 17.4 Å². The van der Waals surface area contributed by atoms with Crippen LogP contribution in [0, 0.1) is 17.6 Å². The summed E-state index contributed by atoms with van der Waals surface area (Å²) in [5, 5.41) is 2.63. The first kappa shape index (κ1) is 24.6. The van der Waals surface area contributed by atoms with E-state index in [1.54, 1.807) is 27.7 Å². The summed E-state index contributed by atoms with van der Waals surface area (Å²) in [6.45, 7) is 3.41. The summed E-state index contributed by atoms with van der Waals surface area (Å²) in [6, 6.07) is 4.80. The number of carbonyl (C=O) groups excluding carboxylic acids is 2. The van der Waals surface area contributed by atoms with Crippen LogP contribution in [0.2, 0.25) is 0 Å². The molecule has 2 heterocycles. The van der Waals surface area contributed by atoms with Gasteiger partial charge in [-0.25, -0.2) is 4.39 Å². The Labute approximate surface area is 188 Å². The summed E-state index contributed by atoms with van der Waals surface area (Å²) >= 11 is 0. The fraction of sp³-hybridized carbons (Fsp3) is 0.435. The number of anilines is 1. The lowest BCUT2D eigenvalue weighted by Crippen LogP contribution is -2.33. The molecule has 1 aromatic carbocycles. The maximum absolute atomic E-state index is 14.4. The van der Waals surface area contributed by atoms with E-state index in [-0.39, 0.29) is 29.1 Å². The second kappa shape index (κ2) is 9.46. The maximum atomic E-state index is 14.4. The van der Waals surface area contributed by atoms with Gasteiger partial charge in [0.2, 0.25) is 5.82 Å². The number of nitrogens with zero attached hydrogens (tertiary/aromatic N) is 1. The second-order valence-electron chi connectivity index (χ2n) is 8.31. The van der Waals surface area contributed by atoms with Crippen molar-refractivity contribution < 1.29 is 36.6 Å². The minimum Gasteiger partial charge on any atom is -0.431 e. The van der Waals surface area contributed by atoms with Gasteiger partial charge in [0.15, 0.2) is 17.3 Å². The smallest absolute Gasteiger partial charge is 0.387 e. The molecule has 3 atom stereocenters. The number of carbonyl (C=O) groups is 2. The van der Waals surface area contributed by atoms with Crippen molar-refractivity contribution in [1.29, 1.82) is 0 Å². The van der Waals surface area contributed by atoms with Crippen LogP contribution in [0.25, 0.3) is 0 Å². The number of amides is 1. The van der Waals surface area contributed by atoms with Gasteiger partial charge in [-0.15, -0.1) is 0 Å². The molecule has 0 aliphatic carbocycles. The van der Waals surface area contributed by atoms with E-state index in [9.17, 15) is 27.2 Å². The Hall–Kier alpha value is -3.01. The summed E-state index contributed by atoms with van der Waals surface area (Å²) in [5.74, 6) is -6.14. The molecule has 0 saturated carbocycles. The van der Waals surface area contributed by atoms with Crippen LogP contribution in [0.3, 0.4) is 0 Å². The minimum absolute atomic E-state index is 0.107. The van der Waals surface area contributed by atoms with Crippen molar-refractivity contribution in [2.45, 2.75) is 58.4 Å². The molecule has 0 unspecified atom stereocenters. The third kappa shape index (κ3) is 5.00. The Morgan fingerprint density at radius 2 is 1.94 bits per heavy atom. The van der Waals surface area contributed by atoms with Crippen LogP contribution < -0.4 is 10.1 Å². The van der Waals surface area contributed by atoms with E-state index in [0.29, 0.717) is 0 Å². The molecule has 1 amide bonds. The number of ether oxygens (including phenoxy) is 2. The highest BCUT2D eigenvalue weighted by atomic mass is 19.3. The summed E-state index contributed by atoms with van der Waals surface area (Å²) in [7, 11) is 0. The monoisotopic (exact) mass is 468 g/mol. The first-order valence-electron chi connectivity index (χ1n) is 10.4. The number of pyridine rings is 1. The van der Waals surface area contributed by atoms with Crippen LogP contribution in [-0.4, -0.2) is 35.0 Å². The number of Topliss-reactive ketones (excluding diaryl/α,β-unsaturated/α-hetero) is 1. The van der Waals surface area contributed by atoms with Crippen LogP contribution in [-0.2, 0) is 9.53 Å². The lowest BCUT2D eigenvalue weighted by atomic mass is 9.78. The molecule has 10 heteroatoms. The molecule has 1 aliphatic rings. The third-order valence-corrected chi connectivity index (χ3v) is 5.93. The fourth-order valence-corrected chi connectivity index (χ4v) is 3.93. The molecule has 1 aromatic heterocycles. The molecule has 1 N–H and O–H groups in total. The van der Waals surface area contributed by atoms with Gasteiger partial charge in [-0.3, -0.25) is 14.6 Å². The van der Waals surface area contributed by atoms with E-state index in [4.69, 9.17) is 4.74 Å². The predicted molar refractivity (Wildman–Crippen MR) is 111 cm³/mol. The van der Waals surface area contributed by atoms with Crippen LogP contribution in [0.4, 0.5) is 23.2 Å². The zero-order valence-electron chi connectivity index (χ0n) is 18.5. The van der Waals surface area contributed by atoms with E-state index >= 15 is 0 Å². The number of halogens is 4. The molecule has 6 nitrogen and oxygen atoms in total. The standard InChI is InChI=1S/C23H24F4N2O4/c1-5-16(30)15-10-12(8-9-28-15)29-21(31)20-17(11(2)23(3,4)33-20)13-6-7-14(24)18(25)19(13)32-22(26)27/h6-11,17,20,22H,5H2,1-4H3,(H,28,29,31)/t11-,17+,20-/m1/s1. The van der Waals surface area contributed by atoms with E-state index in [1.807, 2.05) is 0 Å². The van der Waals surface area contributed by atoms with Crippen molar-refractivity contribution in [3.8, 4) is 5.75 Å². The highest BCUT2D eigenvalue weighted by Gasteiger charge is 2.51. The summed E-state index contributed by atoms with van der Waals surface area (Å²) in [5.41, 5.74) is -0.563. The number of nitrogens with one attached hydrogen (secondary N) is 1. The number of hydrogen-bond donors (Lipinski definition) is 1. The number of hydrogen-bond acceptors (Lipinski definition) is 5. The van der Waals surface area contributed by atoms with Gasteiger partial charge in [-0.2, -0.15) is 13.2 Å². The van der Waals surface area contributed by atoms with Gasteiger partial charge >= 0.3 is 6.61 Å². The molecule has 0 spiro atoms. The lowest BCUT2D eigenvalue weighted by molar-refractivity contribution is -0.131. The maximum Gasteiger partial charge on any atom is 0.387 e. The van der Waals surface area contributed by atoms with Crippen molar-refractivity contribution in [1.82, 2.24) is 4.98 Å². The first-order chi connectivity index (χ1) is 15.5. The van der Waals surface area contributed by atoms with Gasteiger partial charge in [0.1, 0.15) is 11.8 Å². The molecular formula is C23H24F4N2O4. The summed E-state index contributed by atoms with van der Waals surface area (Å²) in [6.07, 6.45) is 0.355. The van der Waals surface area contributed by atoms with Crippen LogP contribution in [0.1, 0.15) is 56.1 Å². The van der Waals surface area contributed by atoms with E-state index in [1.165, 1.54) is 18.3 Å². The molecule has 178 valence electrons. The van der Waals surface area contributed by atoms with Gasteiger partial charge in [0.05, 0.1) is 5.60 Å². The zero-order chi connectivity index (χ0) is 24.5. The number of alkyl halides is 2. The molecular weight excluding hydrogens is 444 g/mol. The van der Waals surface area contributed by atoms with Crippen LogP contribution in [0.15, 0.2) is 30.5 Å². The molecule has 3 rings (SSSR count). The Morgan fingerprint density at radius 1 is 1.24 bits per heavy atom. The largest absolute Gasteiger partial charge is 0.431 e. The van der Waals surface area contributed by atoms with Crippen molar-refractivity contribution in [2.75, 3.05) is 5.32 Å². The second-order valence-corrected chi connectivity index (χ2v) is 8.31. The molecule has 1 aliphatic heterocycles. The van der Waals surface area contributed by atoms with Gasteiger partial charge < -0.3 is 14.8 Å². The number of ketones is 1. The van der Waals surface area contributed by atoms with Gasteiger partial charge in [0, 0.05) is 29.8 Å². The molecule has 0 bridgehead atoms. The highest BCUT2D eigenvalue weighted by molar-refractivity contribution is 5.98. The van der Waals surface area contributed by atoms with Crippen molar-refractivity contribution in [3.05, 3.63) is 53.4 Å². The third-order valence-electron chi connectivity index (χ3n) is 5.93. The summed E-state index contributed by atoms with van der Waals surface area (Å²) in [4.78, 5) is 29.1. The Balaban J connectivity index is 1.99. The Kier molecular flexibility index (Phi) is 7.06. The van der Waals surface area contributed by atoms with Crippen molar-refractivity contribution in [2.24, 2.45) is 5.92 Å². The predicted octanol–water partition coefficient (Wildman–Crippen LogP) is 5.09. The molecule has 1 fully saturated rings. The molecule has 2 aromatic rings. The lowest BCUT2D eigenvalue weighted by Gasteiger charge is -2.26. The zero-order valence-corrected chi connectivity index (χ0v) is 18.5.